The number of hydrogen-bond acceptors (Lipinski definition) is 3. The molecule has 0 aliphatic carbocycles. The average Bonchev–Trinajstić information content (AvgIpc) is 2.42. The number of unbranched alkanes of at least 4 members (excludes halogenated alkanes) is 1. The fraction of sp³-hybridized carbons (Fsp3) is 1.00. The van der Waals surface area contributed by atoms with E-state index in [9.17, 15) is 0 Å². The molecule has 1 atom stereocenters. The van der Waals surface area contributed by atoms with Crippen molar-refractivity contribution in [1.29, 1.82) is 0 Å². The van der Waals surface area contributed by atoms with E-state index in [-0.39, 0.29) is 0 Å². The van der Waals surface area contributed by atoms with Crippen LogP contribution in [0.2, 0.25) is 26.2 Å². The summed E-state index contributed by atoms with van der Waals surface area (Å²) >= 11 is 0. The summed E-state index contributed by atoms with van der Waals surface area (Å²) in [7, 11) is -4.18. The highest BCUT2D eigenvalue weighted by atomic mass is 28.5. The van der Waals surface area contributed by atoms with Gasteiger partial charge in [0.2, 0.25) is 0 Å². The van der Waals surface area contributed by atoms with Gasteiger partial charge in [-0.05, 0) is 57.3 Å². The van der Waals surface area contributed by atoms with Gasteiger partial charge in [-0.25, -0.2) is 0 Å². The SMILES string of the molecule is CCCCC(CC)CO[Si](C)(C)O[Si](C)(C)OCCCC(C)C. The van der Waals surface area contributed by atoms with Crippen LogP contribution in [0.5, 0.6) is 0 Å². The minimum absolute atomic E-state index is 0.669. The fourth-order valence-electron chi connectivity index (χ4n) is 2.68. The number of hydrogen-bond donors (Lipinski definition) is 0. The van der Waals surface area contributed by atoms with E-state index in [0.717, 1.165) is 25.6 Å². The van der Waals surface area contributed by atoms with Gasteiger partial charge >= 0.3 is 17.1 Å². The zero-order chi connectivity index (χ0) is 17.9. The molecule has 0 saturated carbocycles. The van der Waals surface area contributed by atoms with Crippen molar-refractivity contribution in [1.82, 2.24) is 0 Å². The zero-order valence-electron chi connectivity index (χ0n) is 17.0. The quantitative estimate of drug-likeness (QED) is 0.276. The Balaban J connectivity index is 4.19. The summed E-state index contributed by atoms with van der Waals surface area (Å²) in [5, 5.41) is 0. The molecule has 0 rings (SSSR count). The van der Waals surface area contributed by atoms with Gasteiger partial charge < -0.3 is 13.0 Å². The van der Waals surface area contributed by atoms with Crippen LogP contribution in [-0.4, -0.2) is 30.3 Å². The van der Waals surface area contributed by atoms with E-state index >= 15 is 0 Å². The van der Waals surface area contributed by atoms with Crippen molar-refractivity contribution in [3.63, 3.8) is 0 Å². The first-order valence-corrected chi connectivity index (χ1v) is 15.2. The second-order valence-electron chi connectivity index (χ2n) is 8.01. The van der Waals surface area contributed by atoms with Gasteiger partial charge in [0.25, 0.3) is 0 Å². The normalized spacial score (nSPS) is 14.5. The van der Waals surface area contributed by atoms with Crippen molar-refractivity contribution >= 4 is 17.1 Å². The Morgan fingerprint density at radius 3 is 1.96 bits per heavy atom. The van der Waals surface area contributed by atoms with Crippen LogP contribution < -0.4 is 0 Å². The summed E-state index contributed by atoms with van der Waals surface area (Å²) in [6, 6.07) is 0. The highest BCUT2D eigenvalue weighted by molar-refractivity contribution is 6.78. The maximum Gasteiger partial charge on any atom is 0.322 e. The summed E-state index contributed by atoms with van der Waals surface area (Å²) in [6.45, 7) is 19.3. The van der Waals surface area contributed by atoms with E-state index in [0.29, 0.717) is 5.92 Å². The van der Waals surface area contributed by atoms with Gasteiger partial charge in [0.1, 0.15) is 0 Å². The summed E-state index contributed by atoms with van der Waals surface area (Å²) in [5.74, 6) is 1.41. The first-order valence-electron chi connectivity index (χ1n) is 9.60. The molecule has 0 spiro atoms. The van der Waals surface area contributed by atoms with Gasteiger partial charge in [0.05, 0.1) is 0 Å². The lowest BCUT2D eigenvalue weighted by molar-refractivity contribution is 0.164. The van der Waals surface area contributed by atoms with Crippen LogP contribution in [0, 0.1) is 11.8 Å². The Labute approximate surface area is 148 Å². The van der Waals surface area contributed by atoms with E-state index in [1.54, 1.807) is 0 Å². The van der Waals surface area contributed by atoms with Crippen molar-refractivity contribution in [3.05, 3.63) is 0 Å². The molecular formula is C18H42O3Si2. The molecule has 0 aromatic heterocycles. The van der Waals surface area contributed by atoms with Crippen molar-refractivity contribution in [3.8, 4) is 0 Å². The molecule has 0 heterocycles. The van der Waals surface area contributed by atoms with Crippen LogP contribution >= 0.6 is 0 Å². The van der Waals surface area contributed by atoms with E-state index in [2.05, 4.69) is 53.9 Å². The molecule has 0 aliphatic heterocycles. The van der Waals surface area contributed by atoms with Crippen molar-refractivity contribution < 1.29 is 13.0 Å². The van der Waals surface area contributed by atoms with Gasteiger partial charge in [-0.1, -0.05) is 47.0 Å². The smallest absolute Gasteiger partial charge is 0.322 e. The standard InChI is InChI=1S/C18H42O3Si2/c1-9-11-14-18(10-2)16-20-23(7,8)21-22(5,6)19-15-12-13-17(3)4/h17-18H,9-16H2,1-8H3. The molecule has 0 aromatic rings. The molecule has 3 nitrogen and oxygen atoms in total. The molecule has 0 fully saturated rings. The molecule has 5 heteroatoms. The molecule has 1 unspecified atom stereocenters. The minimum atomic E-state index is -2.10. The monoisotopic (exact) mass is 362 g/mol. The van der Waals surface area contributed by atoms with E-state index in [4.69, 9.17) is 13.0 Å². The Bertz CT molecular complexity index is 294. The predicted molar refractivity (Wildman–Crippen MR) is 105 cm³/mol. The lowest BCUT2D eigenvalue weighted by atomic mass is 10.0. The largest absolute Gasteiger partial charge is 0.415 e. The lowest BCUT2D eigenvalue weighted by Gasteiger charge is -2.33. The van der Waals surface area contributed by atoms with Gasteiger partial charge in [-0.3, -0.25) is 0 Å². The Kier molecular flexibility index (Phi) is 12.0. The topological polar surface area (TPSA) is 27.7 Å². The molecular weight excluding hydrogens is 320 g/mol. The number of rotatable bonds is 14. The molecule has 0 amide bonds. The first-order chi connectivity index (χ1) is 10.6. The fourth-order valence-corrected chi connectivity index (χ4v) is 9.16. The van der Waals surface area contributed by atoms with Crippen LogP contribution in [0.4, 0.5) is 0 Å². The molecule has 0 radical (unpaired) electrons. The third-order valence-electron chi connectivity index (χ3n) is 4.08. The van der Waals surface area contributed by atoms with Crippen LogP contribution in [0.1, 0.15) is 66.2 Å². The van der Waals surface area contributed by atoms with Gasteiger partial charge in [-0.15, -0.1) is 0 Å². The van der Waals surface area contributed by atoms with Crippen molar-refractivity contribution in [2.75, 3.05) is 13.2 Å². The molecule has 23 heavy (non-hydrogen) atoms. The maximum atomic E-state index is 6.37. The highest BCUT2D eigenvalue weighted by Crippen LogP contribution is 2.20. The van der Waals surface area contributed by atoms with Gasteiger partial charge in [0, 0.05) is 13.2 Å². The molecule has 140 valence electrons. The van der Waals surface area contributed by atoms with Crippen LogP contribution in [0.25, 0.3) is 0 Å². The first kappa shape index (κ1) is 23.3. The summed E-state index contributed by atoms with van der Waals surface area (Å²) in [4.78, 5) is 0. The predicted octanol–water partition coefficient (Wildman–Crippen LogP) is 6.09. The summed E-state index contributed by atoms with van der Waals surface area (Å²) in [5.41, 5.74) is 0. The van der Waals surface area contributed by atoms with Gasteiger partial charge in [-0.2, -0.15) is 0 Å². The minimum Gasteiger partial charge on any atom is -0.415 e. The van der Waals surface area contributed by atoms with Crippen molar-refractivity contribution in [2.24, 2.45) is 11.8 Å². The van der Waals surface area contributed by atoms with Crippen molar-refractivity contribution in [2.45, 2.75) is 92.4 Å². The lowest BCUT2D eigenvalue weighted by Crippen LogP contribution is -2.49. The second kappa shape index (κ2) is 11.8. The maximum absolute atomic E-state index is 6.37. The van der Waals surface area contributed by atoms with Crippen LogP contribution in [-0.2, 0) is 13.0 Å². The van der Waals surface area contributed by atoms with Gasteiger partial charge in [0.15, 0.2) is 0 Å². The van der Waals surface area contributed by atoms with Crippen LogP contribution in [0.3, 0.4) is 0 Å². The molecule has 0 aromatic carbocycles. The Hall–Kier alpha value is 0.314. The summed E-state index contributed by atoms with van der Waals surface area (Å²) in [6.07, 6.45) is 7.36. The molecule has 0 bridgehead atoms. The Morgan fingerprint density at radius 2 is 1.43 bits per heavy atom. The average molecular weight is 363 g/mol. The van der Waals surface area contributed by atoms with E-state index < -0.39 is 17.1 Å². The third-order valence-corrected chi connectivity index (χ3v) is 9.77. The Morgan fingerprint density at radius 1 is 0.826 bits per heavy atom. The van der Waals surface area contributed by atoms with E-state index in [1.165, 1.54) is 32.1 Å². The molecule has 0 N–H and O–H groups in total. The van der Waals surface area contributed by atoms with Crippen LogP contribution in [0.15, 0.2) is 0 Å². The molecule has 0 aliphatic rings. The van der Waals surface area contributed by atoms with E-state index in [1.807, 2.05) is 0 Å². The summed E-state index contributed by atoms with van der Waals surface area (Å²) < 4.78 is 18.7. The molecule has 0 saturated heterocycles. The third kappa shape index (κ3) is 13.3. The highest BCUT2D eigenvalue weighted by Gasteiger charge is 2.36. The second-order valence-corrected chi connectivity index (χ2v) is 15.0. The zero-order valence-corrected chi connectivity index (χ0v) is 19.0.